The molecule has 0 N–H and O–H groups in total. The summed E-state index contributed by atoms with van der Waals surface area (Å²) in [4.78, 5) is 37.0. The molecule has 2 aromatic carbocycles. The van der Waals surface area contributed by atoms with Gasteiger partial charge in [0.15, 0.2) is 23.0 Å². The largest absolute Gasteiger partial charge is 0.493 e. The van der Waals surface area contributed by atoms with Crippen molar-refractivity contribution in [1.29, 1.82) is 0 Å². The molecular formula is C20H16N2O8S. The van der Waals surface area contributed by atoms with Crippen molar-refractivity contribution in [1.82, 2.24) is 4.90 Å². The number of rotatable bonds is 7. The van der Waals surface area contributed by atoms with E-state index in [4.69, 9.17) is 18.9 Å². The van der Waals surface area contributed by atoms with Gasteiger partial charge in [-0.25, -0.2) is 0 Å². The molecule has 2 aliphatic heterocycles. The fourth-order valence-corrected chi connectivity index (χ4v) is 3.90. The van der Waals surface area contributed by atoms with Crippen molar-refractivity contribution >= 4 is 34.7 Å². The maximum absolute atomic E-state index is 12.7. The normalized spacial score (nSPS) is 16.2. The highest BCUT2D eigenvalue weighted by Gasteiger charge is 2.35. The number of amides is 2. The highest BCUT2D eigenvalue weighted by atomic mass is 32.2. The van der Waals surface area contributed by atoms with Crippen molar-refractivity contribution in [3.05, 3.63) is 57.0 Å². The van der Waals surface area contributed by atoms with E-state index in [-0.39, 0.29) is 41.9 Å². The Balaban J connectivity index is 1.50. The summed E-state index contributed by atoms with van der Waals surface area (Å²) in [6.45, 7) is 0.0395. The smallest absolute Gasteiger partial charge is 0.293 e. The first-order valence-electron chi connectivity index (χ1n) is 9.07. The van der Waals surface area contributed by atoms with E-state index >= 15 is 0 Å². The number of ether oxygens (including phenoxy) is 4. The summed E-state index contributed by atoms with van der Waals surface area (Å²) >= 11 is 0.708. The molecule has 0 spiro atoms. The van der Waals surface area contributed by atoms with Crippen LogP contribution in [0.1, 0.15) is 5.56 Å². The maximum atomic E-state index is 12.7. The molecule has 0 radical (unpaired) electrons. The van der Waals surface area contributed by atoms with E-state index in [0.29, 0.717) is 29.0 Å². The van der Waals surface area contributed by atoms with Gasteiger partial charge < -0.3 is 18.9 Å². The lowest BCUT2D eigenvalue weighted by molar-refractivity contribution is -0.385. The lowest BCUT2D eigenvalue weighted by Crippen LogP contribution is -2.32. The number of hydrogen-bond acceptors (Lipinski definition) is 9. The molecule has 11 heteroatoms. The van der Waals surface area contributed by atoms with Gasteiger partial charge in [0.05, 0.1) is 35.1 Å². The van der Waals surface area contributed by atoms with Gasteiger partial charge in [-0.3, -0.25) is 24.6 Å². The number of imide groups is 1. The molecule has 2 aromatic rings. The van der Waals surface area contributed by atoms with Crippen LogP contribution in [0.2, 0.25) is 0 Å². The molecule has 1 saturated heterocycles. The second-order valence-corrected chi connectivity index (χ2v) is 7.35. The molecule has 10 nitrogen and oxygen atoms in total. The number of fused-ring (bicyclic) bond motifs is 1. The van der Waals surface area contributed by atoms with Gasteiger partial charge in [-0.05, 0) is 36.0 Å². The zero-order chi connectivity index (χ0) is 22.0. The number of carbonyl (C=O) groups is 2. The van der Waals surface area contributed by atoms with Crippen LogP contribution in [0.5, 0.6) is 23.0 Å². The van der Waals surface area contributed by atoms with Gasteiger partial charge in [-0.1, -0.05) is 12.1 Å². The van der Waals surface area contributed by atoms with Gasteiger partial charge in [-0.2, -0.15) is 0 Å². The maximum Gasteiger partial charge on any atom is 0.293 e. The Kier molecular flexibility index (Phi) is 5.67. The summed E-state index contributed by atoms with van der Waals surface area (Å²) < 4.78 is 21.2. The molecule has 0 aromatic heterocycles. The van der Waals surface area contributed by atoms with Gasteiger partial charge in [0.1, 0.15) is 6.61 Å². The topological polar surface area (TPSA) is 117 Å². The Morgan fingerprint density at radius 3 is 2.61 bits per heavy atom. The van der Waals surface area contributed by atoms with E-state index in [1.807, 2.05) is 0 Å². The van der Waals surface area contributed by atoms with Crippen LogP contribution in [0.25, 0.3) is 6.08 Å². The molecule has 0 saturated carbocycles. The number of thioether (sulfide) groups is 1. The van der Waals surface area contributed by atoms with Gasteiger partial charge in [0, 0.05) is 0 Å². The molecule has 0 atom stereocenters. The standard InChI is InChI=1S/C20H16N2O8S/c1-27-14-4-2-3-5-15(14)28-7-6-21-19(23)18(31-20(21)24)9-12-8-16-17(30-11-29-16)10-13(12)22(25)26/h2-5,8-10H,6-7,11H2,1H3/b18-9-. The molecule has 2 heterocycles. The van der Waals surface area contributed by atoms with Gasteiger partial charge in [0.2, 0.25) is 6.79 Å². The monoisotopic (exact) mass is 444 g/mol. The third-order valence-electron chi connectivity index (χ3n) is 4.52. The van der Waals surface area contributed by atoms with Gasteiger partial charge >= 0.3 is 0 Å². The van der Waals surface area contributed by atoms with Crippen molar-refractivity contribution in [2.24, 2.45) is 0 Å². The number of carbonyl (C=O) groups excluding carboxylic acids is 2. The Morgan fingerprint density at radius 2 is 1.90 bits per heavy atom. The summed E-state index contributed by atoms with van der Waals surface area (Å²) in [5, 5.41) is 10.9. The third kappa shape index (κ3) is 4.12. The van der Waals surface area contributed by atoms with Crippen molar-refractivity contribution < 1.29 is 33.5 Å². The Hall–Kier alpha value is -3.73. The number of nitro groups is 1. The number of hydrogen-bond donors (Lipinski definition) is 0. The molecular weight excluding hydrogens is 428 g/mol. The summed E-state index contributed by atoms with van der Waals surface area (Å²) in [6.07, 6.45) is 1.31. The fraction of sp³-hybridized carbons (Fsp3) is 0.200. The van der Waals surface area contributed by atoms with E-state index in [1.54, 1.807) is 24.3 Å². The number of para-hydroxylation sites is 2. The second-order valence-electron chi connectivity index (χ2n) is 6.35. The van der Waals surface area contributed by atoms with E-state index in [1.165, 1.54) is 25.3 Å². The molecule has 31 heavy (non-hydrogen) atoms. The van der Waals surface area contributed by atoms with Crippen LogP contribution in [0.3, 0.4) is 0 Å². The van der Waals surface area contributed by atoms with Crippen molar-refractivity contribution in [3.63, 3.8) is 0 Å². The second kappa shape index (κ2) is 8.56. The minimum Gasteiger partial charge on any atom is -0.493 e. The Morgan fingerprint density at radius 1 is 1.19 bits per heavy atom. The zero-order valence-electron chi connectivity index (χ0n) is 16.2. The average Bonchev–Trinajstić information content (AvgIpc) is 3.32. The number of benzene rings is 2. The zero-order valence-corrected chi connectivity index (χ0v) is 17.0. The first kappa shape index (κ1) is 20.5. The molecule has 0 aliphatic carbocycles. The third-order valence-corrected chi connectivity index (χ3v) is 5.43. The molecule has 4 rings (SSSR count). The number of nitro benzene ring substituents is 1. The van der Waals surface area contributed by atoms with Crippen LogP contribution in [-0.4, -0.2) is 48.0 Å². The Labute approximate surface area is 180 Å². The summed E-state index contributed by atoms with van der Waals surface area (Å²) in [5.74, 6) is 1.06. The number of nitrogens with zero attached hydrogens (tertiary/aromatic N) is 2. The van der Waals surface area contributed by atoms with E-state index in [2.05, 4.69) is 0 Å². The van der Waals surface area contributed by atoms with E-state index < -0.39 is 16.1 Å². The van der Waals surface area contributed by atoms with Crippen LogP contribution in [0.15, 0.2) is 41.3 Å². The van der Waals surface area contributed by atoms with Gasteiger partial charge in [0.25, 0.3) is 16.8 Å². The van der Waals surface area contributed by atoms with E-state index in [0.717, 1.165) is 4.90 Å². The molecule has 160 valence electrons. The summed E-state index contributed by atoms with van der Waals surface area (Å²) in [5.41, 5.74) is -0.111. The minimum atomic E-state index is -0.584. The first-order chi connectivity index (χ1) is 15.0. The summed E-state index contributed by atoms with van der Waals surface area (Å²) in [6, 6.07) is 9.67. The molecule has 0 unspecified atom stereocenters. The Bertz CT molecular complexity index is 1100. The minimum absolute atomic E-state index is 0.0172. The van der Waals surface area contributed by atoms with E-state index in [9.17, 15) is 19.7 Å². The lowest BCUT2D eigenvalue weighted by atomic mass is 10.1. The highest BCUT2D eigenvalue weighted by molar-refractivity contribution is 8.18. The predicted octanol–water partition coefficient (Wildman–Crippen LogP) is 3.45. The van der Waals surface area contributed by atoms with Crippen LogP contribution < -0.4 is 18.9 Å². The first-order valence-corrected chi connectivity index (χ1v) is 9.89. The number of methoxy groups -OCH3 is 1. The van der Waals surface area contributed by atoms with Crippen LogP contribution in [-0.2, 0) is 4.79 Å². The predicted molar refractivity (Wildman–Crippen MR) is 110 cm³/mol. The summed E-state index contributed by atoms with van der Waals surface area (Å²) in [7, 11) is 1.51. The van der Waals surface area contributed by atoms with Crippen LogP contribution in [0, 0.1) is 10.1 Å². The fourth-order valence-electron chi connectivity index (χ4n) is 3.04. The molecule has 1 fully saturated rings. The quantitative estimate of drug-likeness (QED) is 0.359. The molecule has 0 bridgehead atoms. The lowest BCUT2D eigenvalue weighted by Gasteiger charge is -2.14. The van der Waals surface area contributed by atoms with Crippen molar-refractivity contribution in [2.75, 3.05) is 27.1 Å². The molecule has 2 aliphatic rings. The van der Waals surface area contributed by atoms with Crippen molar-refractivity contribution in [2.45, 2.75) is 0 Å². The van der Waals surface area contributed by atoms with Crippen LogP contribution >= 0.6 is 11.8 Å². The van der Waals surface area contributed by atoms with Crippen LogP contribution in [0.4, 0.5) is 10.5 Å². The van der Waals surface area contributed by atoms with Gasteiger partial charge in [-0.15, -0.1) is 0 Å². The molecule has 2 amide bonds. The average molecular weight is 444 g/mol. The highest BCUT2D eigenvalue weighted by Crippen LogP contribution is 2.40. The SMILES string of the molecule is COc1ccccc1OCCN1C(=O)S/C(=C\c2cc3c(cc2[N+](=O)[O-])OCO3)C1=O. The van der Waals surface area contributed by atoms with Crippen molar-refractivity contribution in [3.8, 4) is 23.0 Å².